The number of aliphatic hydroxyl groups is 1. The summed E-state index contributed by atoms with van der Waals surface area (Å²) in [5.41, 5.74) is 2.28. The molecule has 1 N–H and O–H groups in total. The van der Waals surface area contributed by atoms with E-state index in [0.717, 1.165) is 26.1 Å². The van der Waals surface area contributed by atoms with E-state index in [4.69, 9.17) is 9.47 Å². The molecular formula is C25H33N3O3. The van der Waals surface area contributed by atoms with Gasteiger partial charge in [-0.1, -0.05) is 42.0 Å². The summed E-state index contributed by atoms with van der Waals surface area (Å²) in [6.45, 7) is 9.76. The summed E-state index contributed by atoms with van der Waals surface area (Å²) >= 11 is 0. The van der Waals surface area contributed by atoms with Crippen LogP contribution in [0.4, 0.5) is 0 Å². The zero-order valence-electron chi connectivity index (χ0n) is 18.8. The summed E-state index contributed by atoms with van der Waals surface area (Å²) in [7, 11) is 0. The number of fused-ring (bicyclic) bond motifs is 1. The molecule has 6 heteroatoms. The van der Waals surface area contributed by atoms with Crippen LogP contribution in [-0.2, 0) is 5.60 Å². The van der Waals surface area contributed by atoms with Crippen molar-refractivity contribution in [2.45, 2.75) is 39.2 Å². The van der Waals surface area contributed by atoms with E-state index >= 15 is 0 Å². The standard InChI is InChI=1S/C25H33N3O3/c1-4-30-23-21(14-26-24(27-23)31-5-2)25(29)12-11-20-16-28(17-22(20)25)15-18(3)13-19-9-7-6-8-10-19/h6-10,13-14,20,22,29H,4-5,11-12,15-17H2,1-3H3/t20-,22+,25+/m1/s1. The fraction of sp³-hybridized carbons (Fsp3) is 0.520. The predicted molar refractivity (Wildman–Crippen MR) is 121 cm³/mol. The van der Waals surface area contributed by atoms with Crippen molar-refractivity contribution in [3.8, 4) is 11.9 Å². The van der Waals surface area contributed by atoms with E-state index in [1.165, 1.54) is 11.1 Å². The summed E-state index contributed by atoms with van der Waals surface area (Å²) in [6.07, 6.45) is 5.66. The Labute approximate surface area is 184 Å². The van der Waals surface area contributed by atoms with E-state index in [9.17, 15) is 5.11 Å². The first-order valence-corrected chi connectivity index (χ1v) is 11.3. The molecule has 1 aliphatic carbocycles. The van der Waals surface area contributed by atoms with Gasteiger partial charge >= 0.3 is 6.01 Å². The second-order valence-corrected chi connectivity index (χ2v) is 8.66. The van der Waals surface area contributed by atoms with Gasteiger partial charge in [-0.15, -0.1) is 0 Å². The Morgan fingerprint density at radius 3 is 2.71 bits per heavy atom. The highest BCUT2D eigenvalue weighted by Crippen LogP contribution is 2.52. The van der Waals surface area contributed by atoms with Crippen molar-refractivity contribution in [3.63, 3.8) is 0 Å². The molecule has 2 fully saturated rings. The van der Waals surface area contributed by atoms with Crippen LogP contribution in [0, 0.1) is 11.8 Å². The number of aromatic nitrogens is 2. The quantitative estimate of drug-likeness (QED) is 0.694. The molecule has 4 rings (SSSR count). The Hall–Kier alpha value is -2.44. The van der Waals surface area contributed by atoms with Crippen LogP contribution >= 0.6 is 0 Å². The molecule has 1 saturated carbocycles. The first-order chi connectivity index (χ1) is 15.0. The lowest BCUT2D eigenvalue weighted by Crippen LogP contribution is -2.36. The summed E-state index contributed by atoms with van der Waals surface area (Å²) in [5.74, 6) is 1.07. The Morgan fingerprint density at radius 1 is 1.19 bits per heavy atom. The topological polar surface area (TPSA) is 67.7 Å². The van der Waals surface area contributed by atoms with Crippen LogP contribution in [0.15, 0.2) is 42.1 Å². The Bertz CT molecular complexity index is 917. The molecule has 1 saturated heterocycles. The molecule has 0 unspecified atom stereocenters. The van der Waals surface area contributed by atoms with Gasteiger partial charge in [-0.25, -0.2) is 4.98 Å². The van der Waals surface area contributed by atoms with E-state index in [2.05, 4.69) is 52.1 Å². The third-order valence-electron chi connectivity index (χ3n) is 6.46. The maximum absolute atomic E-state index is 11.8. The van der Waals surface area contributed by atoms with Crippen LogP contribution in [0.25, 0.3) is 6.08 Å². The van der Waals surface area contributed by atoms with Gasteiger partial charge in [0.25, 0.3) is 0 Å². The van der Waals surface area contributed by atoms with Gasteiger partial charge in [0.15, 0.2) is 0 Å². The molecular weight excluding hydrogens is 390 g/mol. The van der Waals surface area contributed by atoms with Crippen LogP contribution in [0.5, 0.6) is 11.9 Å². The molecule has 1 aromatic heterocycles. The van der Waals surface area contributed by atoms with Gasteiger partial charge in [-0.2, -0.15) is 4.98 Å². The highest BCUT2D eigenvalue weighted by Gasteiger charge is 2.53. The van der Waals surface area contributed by atoms with E-state index in [-0.39, 0.29) is 5.92 Å². The predicted octanol–water partition coefficient (Wildman–Crippen LogP) is 3.91. The summed E-state index contributed by atoms with van der Waals surface area (Å²) in [5, 5.41) is 11.8. The van der Waals surface area contributed by atoms with Gasteiger partial charge in [0.2, 0.25) is 5.88 Å². The summed E-state index contributed by atoms with van der Waals surface area (Å²) < 4.78 is 11.2. The highest BCUT2D eigenvalue weighted by molar-refractivity contribution is 5.52. The number of hydrogen-bond acceptors (Lipinski definition) is 6. The number of benzene rings is 1. The van der Waals surface area contributed by atoms with Gasteiger partial charge in [0.1, 0.15) is 5.60 Å². The average molecular weight is 424 g/mol. The third kappa shape index (κ3) is 4.60. The van der Waals surface area contributed by atoms with Crippen LogP contribution in [-0.4, -0.2) is 52.8 Å². The van der Waals surface area contributed by atoms with Crippen molar-refractivity contribution < 1.29 is 14.6 Å². The summed E-state index contributed by atoms with van der Waals surface area (Å²) in [4.78, 5) is 11.2. The molecule has 2 aromatic rings. The zero-order chi connectivity index (χ0) is 21.8. The van der Waals surface area contributed by atoms with Crippen LogP contribution in [0.1, 0.15) is 44.7 Å². The molecule has 6 nitrogen and oxygen atoms in total. The van der Waals surface area contributed by atoms with Crippen molar-refractivity contribution in [3.05, 3.63) is 53.2 Å². The van der Waals surface area contributed by atoms with Crippen LogP contribution in [0.2, 0.25) is 0 Å². The van der Waals surface area contributed by atoms with Crippen LogP contribution in [0.3, 0.4) is 0 Å². The highest BCUT2D eigenvalue weighted by atomic mass is 16.5. The molecule has 2 heterocycles. The number of nitrogens with zero attached hydrogens (tertiary/aromatic N) is 3. The Balaban J connectivity index is 1.51. The van der Waals surface area contributed by atoms with E-state index in [1.807, 2.05) is 19.9 Å². The number of likely N-dealkylation sites (tertiary alicyclic amines) is 1. The molecule has 31 heavy (non-hydrogen) atoms. The van der Waals surface area contributed by atoms with Gasteiger partial charge < -0.3 is 14.6 Å². The van der Waals surface area contributed by atoms with Crippen molar-refractivity contribution in [1.29, 1.82) is 0 Å². The van der Waals surface area contributed by atoms with E-state index in [0.29, 0.717) is 43.0 Å². The SMILES string of the molecule is CCOc1ncc([C@@]2(O)CC[C@@H]3CN(CC(C)=Cc4ccccc4)C[C@@H]32)c(OCC)n1. The summed E-state index contributed by atoms with van der Waals surface area (Å²) in [6, 6.07) is 10.7. The second kappa shape index (κ2) is 9.37. The molecule has 0 amide bonds. The molecule has 1 aliphatic heterocycles. The smallest absolute Gasteiger partial charge is 0.319 e. The van der Waals surface area contributed by atoms with Gasteiger partial charge in [0.05, 0.1) is 18.8 Å². The van der Waals surface area contributed by atoms with Crippen LogP contribution < -0.4 is 9.47 Å². The largest absolute Gasteiger partial charge is 0.478 e. The van der Waals surface area contributed by atoms with Crippen molar-refractivity contribution in [2.24, 2.45) is 11.8 Å². The molecule has 2 aliphatic rings. The lowest BCUT2D eigenvalue weighted by atomic mass is 9.83. The molecule has 3 atom stereocenters. The van der Waals surface area contributed by atoms with Gasteiger partial charge in [-0.3, -0.25) is 4.90 Å². The first-order valence-electron chi connectivity index (χ1n) is 11.3. The average Bonchev–Trinajstić information content (AvgIpc) is 3.29. The lowest BCUT2D eigenvalue weighted by molar-refractivity contribution is -0.00951. The lowest BCUT2D eigenvalue weighted by Gasteiger charge is -2.31. The van der Waals surface area contributed by atoms with Crippen molar-refractivity contribution in [1.82, 2.24) is 14.9 Å². The molecule has 0 bridgehead atoms. The van der Waals surface area contributed by atoms with Crippen molar-refractivity contribution >= 4 is 6.08 Å². The van der Waals surface area contributed by atoms with E-state index < -0.39 is 5.60 Å². The molecule has 1 aromatic carbocycles. The number of rotatable bonds is 8. The first kappa shape index (κ1) is 21.8. The van der Waals surface area contributed by atoms with Gasteiger partial charge in [-0.05, 0) is 45.1 Å². The molecule has 166 valence electrons. The van der Waals surface area contributed by atoms with Crippen molar-refractivity contribution in [2.75, 3.05) is 32.8 Å². The van der Waals surface area contributed by atoms with Gasteiger partial charge in [0, 0.05) is 31.7 Å². The minimum absolute atomic E-state index is 0.151. The number of hydrogen-bond donors (Lipinski definition) is 1. The Morgan fingerprint density at radius 2 is 1.97 bits per heavy atom. The molecule has 0 radical (unpaired) electrons. The number of ether oxygens (including phenoxy) is 2. The fourth-order valence-corrected chi connectivity index (χ4v) is 5.17. The zero-order valence-corrected chi connectivity index (χ0v) is 18.8. The Kier molecular flexibility index (Phi) is 6.58. The normalized spacial score (nSPS) is 26.1. The third-order valence-corrected chi connectivity index (χ3v) is 6.46. The minimum atomic E-state index is -0.967. The van der Waals surface area contributed by atoms with E-state index in [1.54, 1.807) is 6.20 Å². The molecule has 0 spiro atoms. The maximum atomic E-state index is 11.8. The minimum Gasteiger partial charge on any atom is -0.478 e. The second-order valence-electron chi connectivity index (χ2n) is 8.66. The monoisotopic (exact) mass is 423 g/mol. The fourth-order valence-electron chi connectivity index (χ4n) is 5.17. The maximum Gasteiger partial charge on any atom is 0.319 e.